The lowest BCUT2D eigenvalue weighted by molar-refractivity contribution is -0.139. The quantitative estimate of drug-likeness (QED) is 0.510. The van der Waals surface area contributed by atoms with Crippen molar-refractivity contribution in [3.8, 4) is 17.6 Å². The molecule has 0 aromatic heterocycles. The number of ether oxygens (including phenoxy) is 4. The van der Waals surface area contributed by atoms with E-state index in [0.29, 0.717) is 23.7 Å². The maximum atomic E-state index is 12.7. The highest BCUT2D eigenvalue weighted by Crippen LogP contribution is 2.42. The molecule has 1 aromatic carbocycles. The SMILES string of the molecule is CCOC(=O)C1=C(C)OC(N)=C(C#N)C1c1ccc(OCC(=O)NC2CCCCC2)c(OCC)c1. The van der Waals surface area contributed by atoms with Gasteiger partial charge in [0.25, 0.3) is 5.91 Å². The van der Waals surface area contributed by atoms with E-state index in [1.54, 1.807) is 32.0 Å². The van der Waals surface area contributed by atoms with Gasteiger partial charge >= 0.3 is 5.97 Å². The Morgan fingerprint density at radius 2 is 1.89 bits per heavy atom. The monoisotopic (exact) mass is 483 g/mol. The van der Waals surface area contributed by atoms with Crippen LogP contribution in [-0.4, -0.2) is 37.7 Å². The number of hydrogen-bond acceptors (Lipinski definition) is 8. The van der Waals surface area contributed by atoms with Gasteiger partial charge in [-0.05, 0) is 51.3 Å². The number of carbonyl (C=O) groups is 2. The number of hydrogen-bond donors (Lipinski definition) is 2. The van der Waals surface area contributed by atoms with E-state index in [0.717, 1.165) is 25.7 Å². The third-order valence-electron chi connectivity index (χ3n) is 6.03. The molecular formula is C26H33N3O6. The summed E-state index contributed by atoms with van der Waals surface area (Å²) in [7, 11) is 0. The van der Waals surface area contributed by atoms with Crippen molar-refractivity contribution in [2.45, 2.75) is 64.8 Å². The first kappa shape index (κ1) is 25.9. The number of nitrogens with one attached hydrogen (secondary N) is 1. The molecule has 0 saturated heterocycles. The third-order valence-corrected chi connectivity index (χ3v) is 6.03. The Labute approximate surface area is 205 Å². The first-order valence-electron chi connectivity index (χ1n) is 12.0. The van der Waals surface area contributed by atoms with E-state index in [1.807, 2.05) is 6.92 Å². The topological polar surface area (TPSA) is 133 Å². The van der Waals surface area contributed by atoms with Crippen LogP contribution >= 0.6 is 0 Å². The van der Waals surface area contributed by atoms with E-state index < -0.39 is 11.9 Å². The lowest BCUT2D eigenvalue weighted by Gasteiger charge is -2.27. The summed E-state index contributed by atoms with van der Waals surface area (Å²) in [6.07, 6.45) is 5.44. The standard InChI is InChI=1S/C26H33N3O6/c1-4-32-21-13-17(11-12-20(21)34-15-22(30)29-18-9-7-6-8-10-18)24-19(14-27)25(28)35-16(3)23(24)26(31)33-5-2/h11-13,18,24H,4-10,15,28H2,1-3H3,(H,29,30). The lowest BCUT2D eigenvalue weighted by Crippen LogP contribution is -2.39. The number of benzene rings is 1. The molecule has 2 aliphatic rings. The normalized spacial score (nSPS) is 18.4. The number of allylic oxidation sites excluding steroid dienone is 2. The smallest absolute Gasteiger partial charge is 0.338 e. The Balaban J connectivity index is 1.86. The van der Waals surface area contributed by atoms with Gasteiger partial charge in [-0.15, -0.1) is 0 Å². The van der Waals surface area contributed by atoms with Crippen LogP contribution in [0.1, 0.15) is 64.4 Å². The number of rotatable bonds is 9. The molecule has 0 radical (unpaired) electrons. The predicted molar refractivity (Wildman–Crippen MR) is 128 cm³/mol. The first-order chi connectivity index (χ1) is 16.9. The summed E-state index contributed by atoms with van der Waals surface area (Å²) in [5.74, 6) is -0.598. The van der Waals surface area contributed by atoms with Gasteiger partial charge < -0.3 is 30.0 Å². The van der Waals surface area contributed by atoms with Crippen molar-refractivity contribution in [3.63, 3.8) is 0 Å². The fourth-order valence-electron chi connectivity index (χ4n) is 4.44. The second kappa shape index (κ2) is 12.2. The number of carbonyl (C=O) groups excluding carboxylic acids is 2. The van der Waals surface area contributed by atoms with Crippen LogP contribution in [0, 0.1) is 11.3 Å². The summed E-state index contributed by atoms with van der Waals surface area (Å²) in [6, 6.07) is 7.31. The van der Waals surface area contributed by atoms with Crippen LogP contribution in [0.3, 0.4) is 0 Å². The summed E-state index contributed by atoms with van der Waals surface area (Å²) in [5, 5.41) is 12.8. The molecule has 1 heterocycles. The van der Waals surface area contributed by atoms with Crippen molar-refractivity contribution >= 4 is 11.9 Å². The zero-order valence-corrected chi connectivity index (χ0v) is 20.5. The molecule has 1 amide bonds. The Morgan fingerprint density at radius 3 is 2.54 bits per heavy atom. The Morgan fingerprint density at radius 1 is 1.14 bits per heavy atom. The van der Waals surface area contributed by atoms with Gasteiger partial charge in [0.05, 0.1) is 24.7 Å². The van der Waals surface area contributed by atoms with Crippen molar-refractivity contribution in [2.24, 2.45) is 5.73 Å². The molecular weight excluding hydrogens is 450 g/mol. The van der Waals surface area contributed by atoms with Gasteiger partial charge in [0.1, 0.15) is 17.4 Å². The Hall–Kier alpha value is -3.67. The number of nitrogens with two attached hydrogens (primary N) is 1. The van der Waals surface area contributed by atoms with E-state index in [2.05, 4.69) is 11.4 Å². The van der Waals surface area contributed by atoms with Crippen molar-refractivity contribution in [3.05, 3.63) is 46.6 Å². The molecule has 0 spiro atoms. The first-order valence-corrected chi connectivity index (χ1v) is 12.0. The number of nitriles is 1. The molecule has 1 unspecified atom stereocenters. The lowest BCUT2D eigenvalue weighted by atomic mass is 9.83. The number of nitrogens with zero attached hydrogens (tertiary/aromatic N) is 1. The van der Waals surface area contributed by atoms with E-state index in [-0.39, 0.29) is 48.0 Å². The average Bonchev–Trinajstić information content (AvgIpc) is 2.83. The van der Waals surface area contributed by atoms with Gasteiger partial charge in [0, 0.05) is 6.04 Å². The second-order valence-corrected chi connectivity index (χ2v) is 8.45. The minimum Gasteiger partial charge on any atom is -0.490 e. The number of esters is 1. The molecule has 188 valence electrons. The van der Waals surface area contributed by atoms with Crippen LogP contribution in [0.25, 0.3) is 0 Å². The predicted octanol–water partition coefficient (Wildman–Crippen LogP) is 3.56. The molecule has 1 atom stereocenters. The largest absolute Gasteiger partial charge is 0.490 e. The zero-order chi connectivity index (χ0) is 25.4. The highest BCUT2D eigenvalue weighted by molar-refractivity contribution is 5.92. The molecule has 3 N–H and O–H groups in total. The maximum Gasteiger partial charge on any atom is 0.338 e. The molecule has 0 bridgehead atoms. The van der Waals surface area contributed by atoms with Crippen molar-refractivity contribution in [1.29, 1.82) is 5.26 Å². The average molecular weight is 484 g/mol. The van der Waals surface area contributed by atoms with Crippen LogP contribution in [0.4, 0.5) is 0 Å². The van der Waals surface area contributed by atoms with Gasteiger partial charge in [-0.1, -0.05) is 25.3 Å². The Kier molecular flexibility index (Phi) is 9.01. The molecule has 35 heavy (non-hydrogen) atoms. The van der Waals surface area contributed by atoms with Gasteiger partial charge in [-0.3, -0.25) is 4.79 Å². The fraction of sp³-hybridized carbons (Fsp3) is 0.500. The molecule has 1 aromatic rings. The summed E-state index contributed by atoms with van der Waals surface area (Å²) < 4.78 is 22.2. The second-order valence-electron chi connectivity index (χ2n) is 8.45. The van der Waals surface area contributed by atoms with Crippen LogP contribution in [0.15, 0.2) is 41.0 Å². The summed E-state index contributed by atoms with van der Waals surface area (Å²) >= 11 is 0. The van der Waals surface area contributed by atoms with Gasteiger partial charge in [-0.25, -0.2) is 4.79 Å². The molecule has 9 heteroatoms. The Bertz CT molecular complexity index is 1050. The van der Waals surface area contributed by atoms with Crippen LogP contribution in [0.5, 0.6) is 11.5 Å². The van der Waals surface area contributed by atoms with E-state index >= 15 is 0 Å². The molecule has 1 saturated carbocycles. The van der Waals surface area contributed by atoms with Crippen LogP contribution in [0.2, 0.25) is 0 Å². The van der Waals surface area contributed by atoms with E-state index in [4.69, 9.17) is 24.7 Å². The highest BCUT2D eigenvalue weighted by Gasteiger charge is 2.36. The summed E-state index contributed by atoms with van der Waals surface area (Å²) in [4.78, 5) is 25.1. The highest BCUT2D eigenvalue weighted by atomic mass is 16.5. The van der Waals surface area contributed by atoms with Gasteiger partial charge in [0.15, 0.2) is 18.1 Å². The number of amides is 1. The fourth-order valence-corrected chi connectivity index (χ4v) is 4.44. The molecule has 9 nitrogen and oxygen atoms in total. The minimum absolute atomic E-state index is 0.0688. The minimum atomic E-state index is -0.796. The molecule has 1 aliphatic heterocycles. The maximum absolute atomic E-state index is 12.7. The van der Waals surface area contributed by atoms with Crippen molar-refractivity contribution < 1.29 is 28.5 Å². The van der Waals surface area contributed by atoms with Crippen LogP contribution in [-0.2, 0) is 19.1 Å². The molecule has 1 fully saturated rings. The van der Waals surface area contributed by atoms with Gasteiger partial charge in [0.2, 0.25) is 5.88 Å². The van der Waals surface area contributed by atoms with E-state index in [1.165, 1.54) is 6.42 Å². The zero-order valence-electron chi connectivity index (χ0n) is 20.5. The van der Waals surface area contributed by atoms with Crippen LogP contribution < -0.4 is 20.5 Å². The molecule has 1 aliphatic carbocycles. The van der Waals surface area contributed by atoms with Gasteiger partial charge in [-0.2, -0.15) is 5.26 Å². The van der Waals surface area contributed by atoms with Crippen molar-refractivity contribution in [2.75, 3.05) is 19.8 Å². The summed E-state index contributed by atoms with van der Waals surface area (Å²) in [6.45, 7) is 5.51. The molecule has 3 rings (SSSR count). The summed E-state index contributed by atoms with van der Waals surface area (Å²) in [5.41, 5.74) is 6.85. The van der Waals surface area contributed by atoms with Crippen molar-refractivity contribution in [1.82, 2.24) is 5.32 Å². The third kappa shape index (κ3) is 6.27. The van der Waals surface area contributed by atoms with E-state index in [9.17, 15) is 14.9 Å².